The fraction of sp³-hybridized carbons (Fsp3) is 0.105. The molecule has 3 heterocycles. The van der Waals surface area contributed by atoms with E-state index in [2.05, 4.69) is 20.1 Å². The van der Waals surface area contributed by atoms with Gasteiger partial charge in [-0.25, -0.2) is 9.97 Å². The van der Waals surface area contributed by atoms with E-state index in [1.807, 2.05) is 50.4 Å². The van der Waals surface area contributed by atoms with E-state index in [-0.39, 0.29) is 11.5 Å². The second kappa shape index (κ2) is 5.93. The highest BCUT2D eigenvalue weighted by molar-refractivity contribution is 5.87. The molecule has 0 amide bonds. The van der Waals surface area contributed by atoms with E-state index in [0.717, 1.165) is 27.7 Å². The number of fused-ring (bicyclic) bond motifs is 1. The lowest BCUT2D eigenvalue weighted by Crippen LogP contribution is -2.04. The van der Waals surface area contributed by atoms with Gasteiger partial charge in [-0.1, -0.05) is 12.1 Å². The number of nitrogen functional groups attached to an aromatic ring is 1. The summed E-state index contributed by atoms with van der Waals surface area (Å²) in [7, 11) is 1.86. The van der Waals surface area contributed by atoms with Crippen LogP contribution in [0, 0.1) is 18.3 Å². The maximum atomic E-state index is 9.32. The van der Waals surface area contributed by atoms with Crippen molar-refractivity contribution in [3.63, 3.8) is 0 Å². The zero-order chi connectivity index (χ0) is 18.3. The third-order valence-corrected chi connectivity index (χ3v) is 4.40. The largest absolute Gasteiger partial charge is 0.381 e. The molecule has 126 valence electrons. The zero-order valence-electron chi connectivity index (χ0n) is 14.3. The minimum absolute atomic E-state index is 0.108. The Morgan fingerprint density at radius 3 is 2.73 bits per heavy atom. The van der Waals surface area contributed by atoms with Crippen LogP contribution in [-0.2, 0) is 7.05 Å². The first kappa shape index (κ1) is 15.7. The lowest BCUT2D eigenvalue weighted by molar-refractivity contribution is 0.740. The van der Waals surface area contributed by atoms with Crippen LogP contribution in [0.3, 0.4) is 0 Å². The number of pyridine rings is 1. The second-order valence-electron chi connectivity index (χ2n) is 5.94. The van der Waals surface area contributed by atoms with Gasteiger partial charge in [-0.3, -0.25) is 9.67 Å². The van der Waals surface area contributed by atoms with E-state index in [0.29, 0.717) is 11.4 Å². The van der Waals surface area contributed by atoms with Crippen LogP contribution in [0.1, 0.15) is 11.4 Å². The first-order chi connectivity index (χ1) is 12.6. The van der Waals surface area contributed by atoms with Crippen molar-refractivity contribution < 1.29 is 0 Å². The molecule has 7 heteroatoms. The summed E-state index contributed by atoms with van der Waals surface area (Å²) in [6.07, 6.45) is 3.49. The summed E-state index contributed by atoms with van der Waals surface area (Å²) in [5.74, 6) is 0.108. The average molecular weight is 341 g/mol. The van der Waals surface area contributed by atoms with Gasteiger partial charge in [0.15, 0.2) is 11.5 Å². The molecule has 0 saturated heterocycles. The van der Waals surface area contributed by atoms with E-state index in [1.54, 1.807) is 17.1 Å². The Hall–Kier alpha value is -3.79. The molecule has 0 atom stereocenters. The standard InChI is InChI=1S/C19H15N7/c1-11-14(10-23-26(11)2)18-17(24-16(9-20)19(21)25-18)13-5-6-15-12(8-13)4-3-7-22-15/h3-8,10H,1-2H3,(H2,21,25). The normalized spacial score (nSPS) is 10.8. The minimum atomic E-state index is 0.108. The van der Waals surface area contributed by atoms with Gasteiger partial charge < -0.3 is 5.73 Å². The van der Waals surface area contributed by atoms with Gasteiger partial charge in [0.1, 0.15) is 11.8 Å². The SMILES string of the molecule is Cc1c(-c2nc(N)c(C#N)nc2-c2ccc3ncccc3c2)cnn1C. The molecule has 0 radical (unpaired) electrons. The van der Waals surface area contributed by atoms with Crippen molar-refractivity contribution in [1.29, 1.82) is 5.26 Å². The van der Waals surface area contributed by atoms with Gasteiger partial charge in [-0.15, -0.1) is 0 Å². The smallest absolute Gasteiger partial charge is 0.183 e. The van der Waals surface area contributed by atoms with Crippen molar-refractivity contribution >= 4 is 16.7 Å². The third kappa shape index (κ3) is 2.45. The molecule has 1 aromatic carbocycles. The van der Waals surface area contributed by atoms with Gasteiger partial charge in [0.05, 0.1) is 17.4 Å². The molecular weight excluding hydrogens is 326 g/mol. The quantitative estimate of drug-likeness (QED) is 0.601. The Morgan fingerprint density at radius 2 is 2.00 bits per heavy atom. The van der Waals surface area contributed by atoms with Crippen LogP contribution in [0.4, 0.5) is 5.82 Å². The molecule has 26 heavy (non-hydrogen) atoms. The Kier molecular flexibility index (Phi) is 3.59. The Bertz CT molecular complexity index is 1180. The summed E-state index contributed by atoms with van der Waals surface area (Å²) in [4.78, 5) is 13.3. The number of nitrogens with two attached hydrogens (primary N) is 1. The predicted octanol–water partition coefficient (Wildman–Crippen LogP) is 2.85. The lowest BCUT2D eigenvalue weighted by atomic mass is 10.0. The fourth-order valence-corrected chi connectivity index (χ4v) is 2.87. The highest BCUT2D eigenvalue weighted by atomic mass is 15.3. The molecule has 0 saturated carbocycles. The molecule has 0 aliphatic carbocycles. The molecule has 0 bridgehead atoms. The van der Waals surface area contributed by atoms with Gasteiger partial charge in [-0.05, 0) is 25.1 Å². The maximum Gasteiger partial charge on any atom is 0.183 e. The summed E-state index contributed by atoms with van der Waals surface area (Å²) >= 11 is 0. The molecule has 3 aromatic heterocycles. The van der Waals surface area contributed by atoms with Crippen LogP contribution >= 0.6 is 0 Å². The number of aromatic nitrogens is 5. The number of benzene rings is 1. The molecule has 0 fully saturated rings. The predicted molar refractivity (Wildman–Crippen MR) is 98.8 cm³/mol. The van der Waals surface area contributed by atoms with Crippen LogP contribution in [0.5, 0.6) is 0 Å². The fourth-order valence-electron chi connectivity index (χ4n) is 2.87. The number of hydrogen-bond acceptors (Lipinski definition) is 6. The molecule has 7 nitrogen and oxygen atoms in total. The summed E-state index contributed by atoms with van der Waals surface area (Å²) in [6, 6.07) is 11.7. The Balaban J connectivity index is 2.02. The van der Waals surface area contributed by atoms with Crippen LogP contribution in [0.2, 0.25) is 0 Å². The van der Waals surface area contributed by atoms with Crippen molar-refractivity contribution in [3.05, 3.63) is 54.1 Å². The van der Waals surface area contributed by atoms with Gasteiger partial charge in [0, 0.05) is 35.5 Å². The van der Waals surface area contributed by atoms with Crippen LogP contribution < -0.4 is 5.73 Å². The molecule has 4 rings (SSSR count). The maximum absolute atomic E-state index is 9.32. The Morgan fingerprint density at radius 1 is 1.15 bits per heavy atom. The number of nitrogens with zero attached hydrogens (tertiary/aromatic N) is 6. The first-order valence-electron chi connectivity index (χ1n) is 8.00. The van der Waals surface area contributed by atoms with Crippen LogP contribution in [0.25, 0.3) is 33.4 Å². The number of rotatable bonds is 2. The van der Waals surface area contributed by atoms with E-state index < -0.39 is 0 Å². The van der Waals surface area contributed by atoms with Crippen molar-refractivity contribution in [2.75, 3.05) is 5.73 Å². The van der Waals surface area contributed by atoms with E-state index in [9.17, 15) is 5.26 Å². The highest BCUT2D eigenvalue weighted by Gasteiger charge is 2.19. The monoisotopic (exact) mass is 341 g/mol. The molecular formula is C19H15N7. The summed E-state index contributed by atoms with van der Waals surface area (Å²) in [6.45, 7) is 1.95. The first-order valence-corrected chi connectivity index (χ1v) is 8.00. The van der Waals surface area contributed by atoms with Gasteiger partial charge in [-0.2, -0.15) is 10.4 Å². The molecule has 0 aliphatic heterocycles. The van der Waals surface area contributed by atoms with Gasteiger partial charge >= 0.3 is 0 Å². The average Bonchev–Trinajstić information content (AvgIpc) is 3.00. The van der Waals surface area contributed by atoms with E-state index in [4.69, 9.17) is 5.73 Å². The van der Waals surface area contributed by atoms with Gasteiger partial charge in [0.2, 0.25) is 0 Å². The molecule has 4 aromatic rings. The second-order valence-corrected chi connectivity index (χ2v) is 5.94. The molecule has 0 aliphatic rings. The number of nitriles is 1. The Labute approximate surface area is 149 Å². The summed E-state index contributed by atoms with van der Waals surface area (Å²) in [5, 5.41) is 14.6. The number of hydrogen-bond donors (Lipinski definition) is 1. The number of aryl methyl sites for hydroxylation is 1. The topological polar surface area (TPSA) is 106 Å². The van der Waals surface area contributed by atoms with Gasteiger partial charge in [0.25, 0.3) is 0 Å². The van der Waals surface area contributed by atoms with Crippen molar-refractivity contribution in [2.45, 2.75) is 6.92 Å². The third-order valence-electron chi connectivity index (χ3n) is 4.40. The summed E-state index contributed by atoms with van der Waals surface area (Å²) in [5.41, 5.74) is 10.7. The lowest BCUT2D eigenvalue weighted by Gasteiger charge is -2.11. The van der Waals surface area contributed by atoms with E-state index >= 15 is 0 Å². The molecule has 2 N–H and O–H groups in total. The molecule has 0 unspecified atom stereocenters. The molecule has 0 spiro atoms. The van der Waals surface area contributed by atoms with Crippen LogP contribution in [-0.4, -0.2) is 24.7 Å². The highest BCUT2D eigenvalue weighted by Crippen LogP contribution is 2.33. The minimum Gasteiger partial charge on any atom is -0.381 e. The van der Waals surface area contributed by atoms with Crippen molar-refractivity contribution in [2.24, 2.45) is 7.05 Å². The van der Waals surface area contributed by atoms with Crippen molar-refractivity contribution in [1.82, 2.24) is 24.7 Å². The van der Waals surface area contributed by atoms with E-state index in [1.165, 1.54) is 0 Å². The van der Waals surface area contributed by atoms with Crippen molar-refractivity contribution in [3.8, 4) is 28.6 Å². The number of anilines is 1. The zero-order valence-corrected chi connectivity index (χ0v) is 14.3. The van der Waals surface area contributed by atoms with Crippen LogP contribution in [0.15, 0.2) is 42.7 Å². The summed E-state index contributed by atoms with van der Waals surface area (Å²) < 4.78 is 1.76.